The molecule has 0 amide bonds. The monoisotopic (exact) mass is 1390 g/mol. The van der Waals surface area contributed by atoms with Crippen LogP contribution in [0.15, 0.2) is 0 Å². The van der Waals surface area contributed by atoms with Gasteiger partial charge in [-0.25, -0.2) is 4.57 Å². The van der Waals surface area contributed by atoms with Crippen molar-refractivity contribution < 1.29 is 37.6 Å². The number of hydrogen-bond donors (Lipinski definition) is 2. The molecule has 0 bridgehead atoms. The van der Waals surface area contributed by atoms with Crippen LogP contribution in [-0.4, -0.2) is 49.3 Å². The van der Waals surface area contributed by atoms with Gasteiger partial charge in [-0.2, -0.15) is 0 Å². The molecule has 0 aromatic heterocycles. The molecular formula is C87H174NO8P. The van der Waals surface area contributed by atoms with Crippen LogP contribution in [0, 0.1) is 0 Å². The van der Waals surface area contributed by atoms with Crippen molar-refractivity contribution in [2.24, 2.45) is 5.73 Å². The van der Waals surface area contributed by atoms with E-state index in [2.05, 4.69) is 13.8 Å². The topological polar surface area (TPSA) is 134 Å². The molecule has 0 saturated heterocycles. The fraction of sp³-hybridized carbons (Fsp3) is 0.977. The second kappa shape index (κ2) is 84.0. The Balaban J connectivity index is 3.67. The number of carbonyl (C=O) groups excluding carboxylic acids is 2. The second-order valence-corrected chi connectivity index (χ2v) is 32.3. The number of unbranched alkanes of at least 4 members (excludes halogenated alkanes) is 74. The SMILES string of the molecule is CCCCCCCCCCCCCCCCCCCCCCCCCCCCCCCCCCCCCCCCCC(=O)OC(COC(=O)CCCCCCCCCCCCCCCCCCCCCCCCCCCCCCCCCCCCCCC)COP(=O)(O)OCCN. The molecule has 580 valence electrons. The zero-order valence-corrected chi connectivity index (χ0v) is 66.8. The first-order valence-corrected chi connectivity index (χ1v) is 46.0. The predicted octanol–water partition coefficient (Wildman–Crippen LogP) is 30.0. The Bertz CT molecular complexity index is 1550. The van der Waals surface area contributed by atoms with Crippen molar-refractivity contribution >= 4 is 19.8 Å². The first-order chi connectivity index (χ1) is 47.8. The Kier molecular flexibility index (Phi) is 83.1. The predicted molar refractivity (Wildman–Crippen MR) is 423 cm³/mol. The lowest BCUT2D eigenvalue weighted by atomic mass is 10.0. The van der Waals surface area contributed by atoms with Gasteiger partial charge < -0.3 is 20.1 Å². The summed E-state index contributed by atoms with van der Waals surface area (Å²) in [6.07, 6.45) is 105. The highest BCUT2D eigenvalue weighted by atomic mass is 31.2. The molecule has 0 aliphatic heterocycles. The average molecular weight is 1390 g/mol. The van der Waals surface area contributed by atoms with E-state index in [-0.39, 0.29) is 32.1 Å². The molecule has 2 atom stereocenters. The van der Waals surface area contributed by atoms with Gasteiger partial charge in [0.2, 0.25) is 0 Å². The van der Waals surface area contributed by atoms with E-state index < -0.39 is 26.5 Å². The molecule has 0 aliphatic rings. The van der Waals surface area contributed by atoms with Gasteiger partial charge in [0.1, 0.15) is 6.61 Å². The summed E-state index contributed by atoms with van der Waals surface area (Å²) in [5.74, 6) is -0.792. The highest BCUT2D eigenvalue weighted by Gasteiger charge is 2.26. The van der Waals surface area contributed by atoms with Gasteiger partial charge in [0.15, 0.2) is 6.10 Å². The van der Waals surface area contributed by atoms with Crippen LogP contribution in [0.4, 0.5) is 0 Å². The standard InChI is InChI=1S/C87H174NO8P/c1-3-5-7-9-11-13-15-17-19-21-23-25-27-29-31-33-35-37-39-41-42-44-46-48-50-52-54-56-58-60-62-64-66-68-70-72-74-76-78-80-87(90)96-85(84-95-97(91,92)94-82-81-88)83-93-86(89)79-77-75-73-71-69-67-65-63-61-59-57-55-53-51-49-47-45-43-40-38-36-34-32-30-28-26-24-22-20-18-16-14-12-10-8-6-4-2/h85H,3-84,88H2,1-2H3,(H,91,92). The number of hydrogen-bond acceptors (Lipinski definition) is 8. The van der Waals surface area contributed by atoms with Crippen molar-refractivity contribution in [2.45, 2.75) is 521 Å². The molecule has 0 fully saturated rings. The third-order valence-electron chi connectivity index (χ3n) is 21.0. The zero-order valence-electron chi connectivity index (χ0n) is 65.9. The maximum Gasteiger partial charge on any atom is 0.472 e. The second-order valence-electron chi connectivity index (χ2n) is 30.8. The first kappa shape index (κ1) is 96.0. The maximum atomic E-state index is 12.8. The van der Waals surface area contributed by atoms with Crippen LogP contribution in [0.2, 0.25) is 0 Å². The van der Waals surface area contributed by atoms with Crippen molar-refractivity contribution in [3.8, 4) is 0 Å². The normalized spacial score (nSPS) is 12.7. The number of phosphoric acid groups is 1. The Labute approximate surface area is 607 Å². The molecule has 0 saturated carbocycles. The van der Waals surface area contributed by atoms with Gasteiger partial charge >= 0.3 is 19.8 Å². The van der Waals surface area contributed by atoms with E-state index in [4.69, 9.17) is 24.3 Å². The third-order valence-corrected chi connectivity index (χ3v) is 22.0. The molecular weight excluding hydrogens is 1220 g/mol. The summed E-state index contributed by atoms with van der Waals surface area (Å²) in [7, 11) is -4.39. The van der Waals surface area contributed by atoms with Crippen LogP contribution < -0.4 is 5.73 Å². The van der Waals surface area contributed by atoms with Gasteiger partial charge in [-0.05, 0) is 12.8 Å². The van der Waals surface area contributed by atoms with Crippen LogP contribution >= 0.6 is 7.82 Å². The fourth-order valence-corrected chi connectivity index (χ4v) is 15.2. The summed E-state index contributed by atoms with van der Waals surface area (Å²) in [5.41, 5.74) is 5.43. The Hall–Kier alpha value is -0.990. The van der Waals surface area contributed by atoms with Gasteiger partial charge in [-0.3, -0.25) is 18.6 Å². The van der Waals surface area contributed by atoms with Crippen molar-refractivity contribution in [3.05, 3.63) is 0 Å². The molecule has 0 spiro atoms. The molecule has 97 heavy (non-hydrogen) atoms. The number of phosphoric ester groups is 1. The van der Waals surface area contributed by atoms with Crippen molar-refractivity contribution in [1.29, 1.82) is 0 Å². The molecule has 9 nitrogen and oxygen atoms in total. The summed E-state index contributed by atoms with van der Waals surface area (Å²) >= 11 is 0. The quantitative estimate of drug-likeness (QED) is 0.0347. The molecule has 10 heteroatoms. The lowest BCUT2D eigenvalue weighted by Gasteiger charge is -2.19. The third kappa shape index (κ3) is 83.8. The zero-order chi connectivity index (χ0) is 70.0. The van der Waals surface area contributed by atoms with E-state index in [9.17, 15) is 19.0 Å². The van der Waals surface area contributed by atoms with E-state index in [0.717, 1.165) is 32.1 Å². The molecule has 0 heterocycles. The summed E-state index contributed by atoms with van der Waals surface area (Å²) in [4.78, 5) is 35.5. The number of rotatable bonds is 87. The summed E-state index contributed by atoms with van der Waals surface area (Å²) in [6, 6.07) is 0. The van der Waals surface area contributed by atoms with Gasteiger partial charge in [0.05, 0.1) is 13.2 Å². The van der Waals surface area contributed by atoms with Crippen LogP contribution in [-0.2, 0) is 32.7 Å². The lowest BCUT2D eigenvalue weighted by Crippen LogP contribution is -2.29. The Morgan fingerprint density at radius 1 is 0.268 bits per heavy atom. The molecule has 2 unspecified atom stereocenters. The average Bonchev–Trinajstić information content (AvgIpc) is 2.88. The van der Waals surface area contributed by atoms with E-state index in [1.807, 2.05) is 0 Å². The summed E-state index contributed by atoms with van der Waals surface area (Å²) in [5, 5.41) is 0. The van der Waals surface area contributed by atoms with Crippen molar-refractivity contribution in [1.82, 2.24) is 0 Å². The highest BCUT2D eigenvalue weighted by molar-refractivity contribution is 7.47. The smallest absolute Gasteiger partial charge is 0.462 e. The van der Waals surface area contributed by atoms with Crippen molar-refractivity contribution in [3.63, 3.8) is 0 Å². The molecule has 0 rings (SSSR count). The van der Waals surface area contributed by atoms with Crippen LogP contribution in [0.5, 0.6) is 0 Å². The number of esters is 2. The molecule has 3 N–H and O–H groups in total. The Morgan fingerprint density at radius 2 is 0.443 bits per heavy atom. The number of ether oxygens (including phenoxy) is 2. The van der Waals surface area contributed by atoms with Gasteiger partial charge in [-0.1, -0.05) is 489 Å². The largest absolute Gasteiger partial charge is 0.472 e. The lowest BCUT2D eigenvalue weighted by molar-refractivity contribution is -0.161. The fourth-order valence-electron chi connectivity index (χ4n) is 14.4. The minimum absolute atomic E-state index is 0.0591. The molecule has 0 radical (unpaired) electrons. The van der Waals surface area contributed by atoms with Crippen LogP contribution in [0.3, 0.4) is 0 Å². The maximum absolute atomic E-state index is 12.8. The molecule has 0 aromatic rings. The Morgan fingerprint density at radius 3 is 0.629 bits per heavy atom. The van der Waals surface area contributed by atoms with Crippen LogP contribution in [0.25, 0.3) is 0 Å². The summed E-state index contributed by atoms with van der Waals surface area (Å²) < 4.78 is 33.3. The van der Waals surface area contributed by atoms with E-state index >= 15 is 0 Å². The van der Waals surface area contributed by atoms with Crippen molar-refractivity contribution in [2.75, 3.05) is 26.4 Å². The minimum Gasteiger partial charge on any atom is -0.462 e. The van der Waals surface area contributed by atoms with Gasteiger partial charge in [-0.15, -0.1) is 0 Å². The molecule has 0 aliphatic carbocycles. The van der Waals surface area contributed by atoms with Gasteiger partial charge in [0.25, 0.3) is 0 Å². The molecule has 0 aromatic carbocycles. The van der Waals surface area contributed by atoms with E-state index in [1.165, 1.54) is 449 Å². The van der Waals surface area contributed by atoms with E-state index in [1.54, 1.807) is 0 Å². The highest BCUT2D eigenvalue weighted by Crippen LogP contribution is 2.43. The van der Waals surface area contributed by atoms with E-state index in [0.29, 0.717) is 12.8 Å². The summed E-state index contributed by atoms with van der Waals surface area (Å²) in [6.45, 7) is 3.87. The first-order valence-electron chi connectivity index (χ1n) is 44.5. The van der Waals surface area contributed by atoms with Crippen LogP contribution in [0.1, 0.15) is 515 Å². The number of nitrogens with two attached hydrogens (primary N) is 1. The minimum atomic E-state index is -4.39. The van der Waals surface area contributed by atoms with Gasteiger partial charge in [0, 0.05) is 19.4 Å². The number of carbonyl (C=O) groups is 2.